The zero-order valence-electron chi connectivity index (χ0n) is 7.99. The van der Waals surface area contributed by atoms with Crippen molar-refractivity contribution in [2.24, 2.45) is 0 Å². The molecule has 0 aromatic heterocycles. The molecule has 0 N–H and O–H groups in total. The molecule has 1 nitrogen and oxygen atoms in total. The summed E-state index contributed by atoms with van der Waals surface area (Å²) in [6.45, 7) is 0. The van der Waals surface area contributed by atoms with E-state index in [1.165, 1.54) is 5.56 Å². The molecule has 64 valence electrons. The van der Waals surface area contributed by atoms with E-state index in [0.717, 1.165) is 4.48 Å². The molecule has 0 amide bonds. The fourth-order valence-electron chi connectivity index (χ4n) is 0.874. The van der Waals surface area contributed by atoms with Gasteiger partial charge in [-0.1, -0.05) is 30.3 Å². The lowest BCUT2D eigenvalue weighted by molar-refractivity contribution is -0.816. The molecule has 0 radical (unpaired) electrons. The Morgan fingerprint density at radius 1 is 1.00 bits per heavy atom. The summed E-state index contributed by atoms with van der Waals surface area (Å²) in [5.41, 5.74) is 1.26. The zero-order valence-corrected chi connectivity index (χ0v) is 7.99. The summed E-state index contributed by atoms with van der Waals surface area (Å²) in [5, 5.41) is 0. The van der Waals surface area contributed by atoms with Crippen LogP contribution in [-0.2, 0) is 0 Å². The summed E-state index contributed by atoms with van der Waals surface area (Å²) in [7, 11) is 6.41. The number of rotatable bonds is 2. The number of hydrogen-bond acceptors (Lipinski definition) is 0. The third-order valence-corrected chi connectivity index (χ3v) is 1.51. The Bertz CT molecular complexity index is 254. The highest BCUT2D eigenvalue weighted by Crippen LogP contribution is 2.03. The minimum atomic E-state index is 0.856. The highest BCUT2D eigenvalue weighted by molar-refractivity contribution is 5.47. The Kier molecular flexibility index (Phi) is 2.66. The van der Waals surface area contributed by atoms with E-state index in [9.17, 15) is 0 Å². The van der Waals surface area contributed by atoms with E-state index < -0.39 is 0 Å². The van der Waals surface area contributed by atoms with Crippen LogP contribution < -0.4 is 0 Å². The smallest absolute Gasteiger partial charge is 0.0958 e. The summed E-state index contributed by atoms with van der Waals surface area (Å²) >= 11 is 0. The van der Waals surface area contributed by atoms with Gasteiger partial charge >= 0.3 is 0 Å². The summed E-state index contributed by atoms with van der Waals surface area (Å²) in [4.78, 5) is 0. The normalized spacial score (nSPS) is 12.2. The minimum absolute atomic E-state index is 0.856. The SMILES string of the molecule is C[N+](C)(C)/C=C/c1ccccc1. The Labute approximate surface area is 74.5 Å². The predicted molar refractivity (Wildman–Crippen MR) is 53.5 cm³/mol. The number of benzene rings is 1. The molecule has 1 aromatic carbocycles. The molecule has 0 aliphatic rings. The van der Waals surface area contributed by atoms with E-state index in [4.69, 9.17) is 0 Å². The van der Waals surface area contributed by atoms with Crippen LogP contribution in [0.15, 0.2) is 36.5 Å². The van der Waals surface area contributed by atoms with E-state index >= 15 is 0 Å². The highest BCUT2D eigenvalue weighted by Gasteiger charge is 1.98. The molecule has 0 atom stereocenters. The van der Waals surface area contributed by atoms with Gasteiger partial charge in [0.05, 0.1) is 27.3 Å². The second-order valence-electron chi connectivity index (χ2n) is 3.84. The zero-order chi connectivity index (χ0) is 9.03. The van der Waals surface area contributed by atoms with Gasteiger partial charge in [0.15, 0.2) is 0 Å². The summed E-state index contributed by atoms with van der Waals surface area (Å²) in [5.74, 6) is 0. The van der Waals surface area contributed by atoms with Crippen LogP contribution in [0.25, 0.3) is 6.08 Å². The predicted octanol–water partition coefficient (Wildman–Crippen LogP) is 2.36. The second kappa shape index (κ2) is 3.55. The van der Waals surface area contributed by atoms with Crippen LogP contribution in [0, 0.1) is 0 Å². The molecule has 0 saturated heterocycles. The number of hydrogen-bond donors (Lipinski definition) is 0. The first-order chi connectivity index (χ1) is 5.58. The molecular weight excluding hydrogens is 146 g/mol. The standard InChI is InChI=1S/C11H16N/c1-12(2,3)10-9-11-7-5-4-6-8-11/h4-10H,1-3H3/q+1/b10-9+. The van der Waals surface area contributed by atoms with Crippen LogP contribution in [-0.4, -0.2) is 25.6 Å². The van der Waals surface area contributed by atoms with Gasteiger partial charge in [-0.15, -0.1) is 0 Å². The Hall–Kier alpha value is -1.08. The van der Waals surface area contributed by atoms with Gasteiger partial charge in [0, 0.05) is 0 Å². The topological polar surface area (TPSA) is 0 Å². The van der Waals surface area contributed by atoms with E-state index in [1.54, 1.807) is 0 Å². The molecule has 0 unspecified atom stereocenters. The average Bonchev–Trinajstić information content (AvgIpc) is 2.02. The summed E-state index contributed by atoms with van der Waals surface area (Å²) in [6, 6.07) is 10.3. The lowest BCUT2D eigenvalue weighted by Gasteiger charge is -2.17. The van der Waals surface area contributed by atoms with E-state index in [2.05, 4.69) is 57.7 Å². The number of quaternary nitrogens is 1. The molecule has 1 rings (SSSR count). The molecule has 12 heavy (non-hydrogen) atoms. The first-order valence-corrected chi connectivity index (χ1v) is 4.13. The fraction of sp³-hybridized carbons (Fsp3) is 0.273. The van der Waals surface area contributed by atoms with Crippen LogP contribution in [0.1, 0.15) is 5.56 Å². The fourth-order valence-corrected chi connectivity index (χ4v) is 0.874. The molecule has 1 aromatic rings. The molecule has 0 aliphatic heterocycles. The molecule has 0 spiro atoms. The monoisotopic (exact) mass is 162 g/mol. The van der Waals surface area contributed by atoms with Crippen LogP contribution in [0.5, 0.6) is 0 Å². The maximum absolute atomic E-state index is 2.16. The van der Waals surface area contributed by atoms with E-state index in [1.807, 2.05) is 6.07 Å². The Balaban J connectivity index is 2.71. The van der Waals surface area contributed by atoms with Gasteiger partial charge in [-0.25, -0.2) is 0 Å². The van der Waals surface area contributed by atoms with Crippen molar-refractivity contribution in [1.82, 2.24) is 0 Å². The van der Waals surface area contributed by atoms with Crippen LogP contribution >= 0.6 is 0 Å². The van der Waals surface area contributed by atoms with Crippen molar-refractivity contribution in [3.63, 3.8) is 0 Å². The van der Waals surface area contributed by atoms with Gasteiger partial charge in [0.1, 0.15) is 0 Å². The summed E-state index contributed by atoms with van der Waals surface area (Å²) in [6.07, 6.45) is 4.30. The van der Waals surface area contributed by atoms with Crippen molar-refractivity contribution < 1.29 is 4.48 Å². The largest absolute Gasteiger partial charge is 0.305 e. The third kappa shape index (κ3) is 3.35. The maximum atomic E-state index is 2.16. The number of nitrogens with zero attached hydrogens (tertiary/aromatic N) is 1. The Morgan fingerprint density at radius 2 is 1.58 bits per heavy atom. The van der Waals surface area contributed by atoms with Gasteiger partial charge in [-0.05, 0) is 11.6 Å². The van der Waals surface area contributed by atoms with Crippen LogP contribution in [0.2, 0.25) is 0 Å². The highest BCUT2D eigenvalue weighted by atomic mass is 15.3. The minimum Gasteiger partial charge on any atom is -0.305 e. The second-order valence-corrected chi connectivity index (χ2v) is 3.84. The van der Waals surface area contributed by atoms with Gasteiger partial charge in [-0.2, -0.15) is 0 Å². The van der Waals surface area contributed by atoms with E-state index in [-0.39, 0.29) is 0 Å². The first kappa shape index (κ1) is 9.01. The van der Waals surface area contributed by atoms with Gasteiger partial charge in [0.2, 0.25) is 0 Å². The first-order valence-electron chi connectivity index (χ1n) is 4.13. The van der Waals surface area contributed by atoms with Gasteiger partial charge in [0.25, 0.3) is 0 Å². The van der Waals surface area contributed by atoms with Crippen LogP contribution in [0.4, 0.5) is 0 Å². The quantitative estimate of drug-likeness (QED) is 0.586. The lowest BCUT2D eigenvalue weighted by Crippen LogP contribution is -2.26. The molecular formula is C11H16N+. The van der Waals surface area contributed by atoms with Crippen LogP contribution in [0.3, 0.4) is 0 Å². The molecule has 1 heteroatoms. The molecule has 0 aliphatic carbocycles. The maximum Gasteiger partial charge on any atom is 0.0958 e. The van der Waals surface area contributed by atoms with E-state index in [0.29, 0.717) is 0 Å². The van der Waals surface area contributed by atoms with Crippen molar-refractivity contribution in [2.45, 2.75) is 0 Å². The molecule has 0 saturated carbocycles. The Morgan fingerprint density at radius 3 is 2.08 bits per heavy atom. The molecule has 0 fully saturated rings. The average molecular weight is 162 g/mol. The lowest BCUT2D eigenvalue weighted by atomic mass is 10.2. The third-order valence-electron chi connectivity index (χ3n) is 1.51. The van der Waals surface area contributed by atoms with Crippen molar-refractivity contribution in [1.29, 1.82) is 0 Å². The van der Waals surface area contributed by atoms with Crippen molar-refractivity contribution >= 4 is 6.08 Å². The van der Waals surface area contributed by atoms with Gasteiger partial charge in [-0.3, -0.25) is 0 Å². The molecule has 0 heterocycles. The summed E-state index contributed by atoms with van der Waals surface area (Å²) < 4.78 is 0.856. The molecule has 0 bridgehead atoms. The van der Waals surface area contributed by atoms with Crippen molar-refractivity contribution in [2.75, 3.05) is 21.1 Å². The van der Waals surface area contributed by atoms with Crippen molar-refractivity contribution in [3.05, 3.63) is 42.1 Å². The van der Waals surface area contributed by atoms with Gasteiger partial charge < -0.3 is 4.48 Å². The van der Waals surface area contributed by atoms with Crippen molar-refractivity contribution in [3.8, 4) is 0 Å².